The summed E-state index contributed by atoms with van der Waals surface area (Å²) < 4.78 is 7.34. The average Bonchev–Trinajstić information content (AvgIpc) is 3.04. The highest BCUT2D eigenvalue weighted by molar-refractivity contribution is 5.58. The number of aldehydes is 1. The van der Waals surface area contributed by atoms with Gasteiger partial charge in [-0.25, -0.2) is 4.68 Å². The summed E-state index contributed by atoms with van der Waals surface area (Å²) >= 11 is 0. The summed E-state index contributed by atoms with van der Waals surface area (Å²) in [5.41, 5.74) is 3.53. The van der Waals surface area contributed by atoms with Crippen molar-refractivity contribution in [3.8, 4) is 5.69 Å². The lowest BCUT2D eigenvalue weighted by atomic mass is 9.99. The number of carbonyl (C=O) groups is 1. The molecule has 1 aromatic heterocycles. The summed E-state index contributed by atoms with van der Waals surface area (Å²) in [5, 5.41) is 7.58. The number of nitrogens with one attached hydrogen (secondary N) is 1. The first-order chi connectivity index (χ1) is 10.3. The van der Waals surface area contributed by atoms with Crippen molar-refractivity contribution in [2.45, 2.75) is 25.4 Å². The summed E-state index contributed by atoms with van der Waals surface area (Å²) in [6.07, 6.45) is 5.45. The molecule has 2 heterocycles. The van der Waals surface area contributed by atoms with Crippen LogP contribution < -0.4 is 5.32 Å². The monoisotopic (exact) mass is 285 g/mol. The number of nitrogens with zero attached hydrogens (tertiary/aromatic N) is 2. The van der Waals surface area contributed by atoms with E-state index in [-0.39, 0.29) is 12.1 Å². The van der Waals surface area contributed by atoms with Crippen molar-refractivity contribution < 1.29 is 9.53 Å². The van der Waals surface area contributed by atoms with Crippen molar-refractivity contribution in [3.05, 3.63) is 47.8 Å². The summed E-state index contributed by atoms with van der Waals surface area (Å²) in [6.45, 7) is 3.20. The van der Waals surface area contributed by atoms with E-state index in [1.165, 1.54) is 11.1 Å². The highest BCUT2D eigenvalue weighted by atomic mass is 16.5. The third kappa shape index (κ3) is 3.20. The number of hydrogen-bond donors (Lipinski definition) is 1. The van der Waals surface area contributed by atoms with E-state index in [1.807, 2.05) is 16.9 Å². The summed E-state index contributed by atoms with van der Waals surface area (Å²) in [4.78, 5) is 10.9. The topological polar surface area (TPSA) is 56.2 Å². The lowest BCUT2D eigenvalue weighted by Gasteiger charge is -2.28. The van der Waals surface area contributed by atoms with Crippen LogP contribution in [0.3, 0.4) is 0 Å². The van der Waals surface area contributed by atoms with E-state index in [9.17, 15) is 4.79 Å². The third-order valence-electron chi connectivity index (χ3n) is 3.80. The molecule has 0 aliphatic carbocycles. The Morgan fingerprint density at radius 1 is 1.48 bits per heavy atom. The van der Waals surface area contributed by atoms with Crippen LogP contribution in [0, 0.1) is 6.92 Å². The van der Waals surface area contributed by atoms with Crippen LogP contribution >= 0.6 is 0 Å². The largest absolute Gasteiger partial charge is 0.378 e. The van der Waals surface area contributed by atoms with Crippen molar-refractivity contribution in [2.24, 2.45) is 0 Å². The molecule has 1 aliphatic heterocycles. The van der Waals surface area contributed by atoms with Crippen LogP contribution in [0.1, 0.15) is 11.1 Å². The second-order valence-corrected chi connectivity index (χ2v) is 5.41. The first kappa shape index (κ1) is 14.0. The Morgan fingerprint density at radius 3 is 3.14 bits per heavy atom. The molecule has 1 unspecified atom stereocenters. The summed E-state index contributed by atoms with van der Waals surface area (Å²) in [6, 6.07) is 8.19. The van der Waals surface area contributed by atoms with Crippen LogP contribution in [0.5, 0.6) is 0 Å². The molecular formula is C16H19N3O2. The van der Waals surface area contributed by atoms with Crippen LogP contribution in [0.25, 0.3) is 5.69 Å². The molecule has 1 N–H and O–H groups in total. The van der Waals surface area contributed by atoms with Gasteiger partial charge in [0, 0.05) is 18.4 Å². The van der Waals surface area contributed by atoms with Gasteiger partial charge in [0.15, 0.2) is 0 Å². The van der Waals surface area contributed by atoms with Crippen LogP contribution in [0.2, 0.25) is 0 Å². The van der Waals surface area contributed by atoms with Gasteiger partial charge in [0.2, 0.25) is 0 Å². The second kappa shape index (κ2) is 6.20. The lowest BCUT2D eigenvalue weighted by molar-refractivity contribution is -0.112. The van der Waals surface area contributed by atoms with Gasteiger partial charge in [-0.05, 0) is 42.7 Å². The highest BCUT2D eigenvalue weighted by Gasteiger charge is 2.21. The Balaban J connectivity index is 1.78. The van der Waals surface area contributed by atoms with Crippen LogP contribution in [-0.4, -0.2) is 41.4 Å². The number of morpholine rings is 1. The minimum absolute atomic E-state index is 0.167. The van der Waals surface area contributed by atoms with E-state index in [2.05, 4.69) is 35.5 Å². The number of rotatable bonds is 4. The zero-order valence-electron chi connectivity index (χ0n) is 12.0. The zero-order valence-corrected chi connectivity index (χ0v) is 12.0. The summed E-state index contributed by atoms with van der Waals surface area (Å²) in [5.74, 6) is 0. The fourth-order valence-electron chi connectivity index (χ4n) is 2.64. The first-order valence-electron chi connectivity index (χ1n) is 7.15. The quantitative estimate of drug-likeness (QED) is 0.860. The Hall–Kier alpha value is -1.98. The Labute approximate surface area is 123 Å². The maximum atomic E-state index is 10.9. The Kier molecular flexibility index (Phi) is 4.13. The molecule has 1 fully saturated rings. The van der Waals surface area contributed by atoms with Gasteiger partial charge in [-0.1, -0.05) is 6.07 Å². The molecule has 2 aromatic rings. The highest BCUT2D eigenvalue weighted by Crippen LogP contribution is 2.17. The van der Waals surface area contributed by atoms with Gasteiger partial charge >= 0.3 is 0 Å². The number of hydrogen-bond acceptors (Lipinski definition) is 4. The molecular weight excluding hydrogens is 266 g/mol. The standard InChI is InChI=1S/C16H19N3O2/c1-12-3-4-16(19-6-2-5-17-19)8-13(12)7-14-10-21-11-15(9-20)18-14/h2-6,8-9,14-15,18H,7,10-11H2,1H3/t14-,15?/m1/s1. The van der Waals surface area contributed by atoms with E-state index in [0.717, 1.165) is 18.4 Å². The number of benzene rings is 1. The van der Waals surface area contributed by atoms with E-state index < -0.39 is 0 Å². The molecule has 5 heteroatoms. The average molecular weight is 285 g/mol. The van der Waals surface area contributed by atoms with Gasteiger partial charge in [0.05, 0.1) is 24.9 Å². The Bertz CT molecular complexity index is 610. The fraction of sp³-hybridized carbons (Fsp3) is 0.375. The van der Waals surface area contributed by atoms with Gasteiger partial charge in [-0.3, -0.25) is 0 Å². The Morgan fingerprint density at radius 2 is 2.38 bits per heavy atom. The molecule has 1 aliphatic rings. The summed E-state index contributed by atoms with van der Waals surface area (Å²) in [7, 11) is 0. The molecule has 110 valence electrons. The van der Waals surface area contributed by atoms with Gasteiger partial charge < -0.3 is 14.8 Å². The normalized spacial score (nSPS) is 22.1. The van der Waals surface area contributed by atoms with Gasteiger partial charge in [0.1, 0.15) is 6.29 Å². The van der Waals surface area contributed by atoms with Crippen LogP contribution in [0.4, 0.5) is 0 Å². The van der Waals surface area contributed by atoms with Gasteiger partial charge in [-0.15, -0.1) is 0 Å². The molecule has 2 atom stereocenters. The number of aromatic nitrogens is 2. The molecule has 5 nitrogen and oxygen atoms in total. The lowest BCUT2D eigenvalue weighted by Crippen LogP contribution is -2.50. The van der Waals surface area contributed by atoms with Crippen molar-refractivity contribution in [1.82, 2.24) is 15.1 Å². The van der Waals surface area contributed by atoms with Gasteiger partial charge in [0.25, 0.3) is 0 Å². The van der Waals surface area contributed by atoms with E-state index in [0.29, 0.717) is 13.2 Å². The smallest absolute Gasteiger partial charge is 0.139 e. The minimum atomic E-state index is -0.196. The minimum Gasteiger partial charge on any atom is -0.378 e. The van der Waals surface area contributed by atoms with E-state index in [4.69, 9.17) is 4.74 Å². The predicted octanol–water partition coefficient (Wildman–Crippen LogP) is 1.28. The molecule has 0 bridgehead atoms. The van der Waals surface area contributed by atoms with Crippen molar-refractivity contribution in [1.29, 1.82) is 0 Å². The number of carbonyl (C=O) groups excluding carboxylic acids is 1. The molecule has 21 heavy (non-hydrogen) atoms. The maximum absolute atomic E-state index is 10.9. The molecule has 0 spiro atoms. The van der Waals surface area contributed by atoms with Crippen LogP contribution in [-0.2, 0) is 16.0 Å². The van der Waals surface area contributed by atoms with Crippen molar-refractivity contribution >= 4 is 6.29 Å². The predicted molar refractivity (Wildman–Crippen MR) is 79.6 cm³/mol. The first-order valence-corrected chi connectivity index (χ1v) is 7.15. The number of ether oxygens (including phenoxy) is 1. The van der Waals surface area contributed by atoms with E-state index in [1.54, 1.807) is 6.20 Å². The van der Waals surface area contributed by atoms with Gasteiger partial charge in [-0.2, -0.15) is 5.10 Å². The molecule has 1 saturated heterocycles. The second-order valence-electron chi connectivity index (χ2n) is 5.41. The van der Waals surface area contributed by atoms with E-state index >= 15 is 0 Å². The zero-order chi connectivity index (χ0) is 14.7. The van der Waals surface area contributed by atoms with Crippen LogP contribution in [0.15, 0.2) is 36.7 Å². The third-order valence-corrected chi connectivity index (χ3v) is 3.80. The fourth-order valence-corrected chi connectivity index (χ4v) is 2.64. The maximum Gasteiger partial charge on any atom is 0.139 e. The number of aryl methyl sites for hydroxylation is 1. The SMILES string of the molecule is Cc1ccc(-n2cccn2)cc1C[C@@H]1COCC(C=O)N1. The molecule has 1 aromatic carbocycles. The van der Waals surface area contributed by atoms with Crippen molar-refractivity contribution in [3.63, 3.8) is 0 Å². The van der Waals surface area contributed by atoms with Crippen molar-refractivity contribution in [2.75, 3.05) is 13.2 Å². The molecule has 0 saturated carbocycles. The molecule has 0 amide bonds. The molecule has 0 radical (unpaired) electrons. The molecule has 3 rings (SSSR count).